The number of carbonyl (C=O) groups excluding carboxylic acids is 10. The van der Waals surface area contributed by atoms with Crippen molar-refractivity contribution < 1.29 is 65.9 Å². The summed E-state index contributed by atoms with van der Waals surface area (Å²) in [6.07, 6.45) is 4.44. The molecule has 8 amide bonds. The summed E-state index contributed by atoms with van der Waals surface area (Å²) in [7, 11) is 0. The smallest absolute Gasteiger partial charge is 0.445 e. The Kier molecular flexibility index (Phi) is 24.8. The highest BCUT2D eigenvalue weighted by atomic mass is 19.4. The van der Waals surface area contributed by atoms with E-state index in [1.54, 1.807) is 65.7 Å². The minimum Gasteiger partial charge on any atom is -0.445 e. The van der Waals surface area contributed by atoms with Crippen LogP contribution in [0.1, 0.15) is 130 Å². The molecule has 0 saturated carbocycles. The lowest BCUT2D eigenvalue weighted by atomic mass is 9.88. The van der Waals surface area contributed by atoms with E-state index < -0.39 is 48.4 Å². The maximum absolute atomic E-state index is 13.8. The van der Waals surface area contributed by atoms with Gasteiger partial charge in [-0.1, -0.05) is 64.4 Å². The van der Waals surface area contributed by atoms with Crippen LogP contribution in [0.25, 0.3) is 6.08 Å². The van der Waals surface area contributed by atoms with Gasteiger partial charge in [-0.25, -0.2) is 14.6 Å². The number of aliphatic imine (C=N–C) groups is 1. The first-order valence-electron chi connectivity index (χ1n) is 27.7. The Morgan fingerprint density at radius 3 is 2.22 bits per heavy atom. The number of anilines is 1. The minimum absolute atomic E-state index is 0.00957. The van der Waals surface area contributed by atoms with E-state index in [9.17, 15) is 56.3 Å². The highest BCUT2D eigenvalue weighted by molar-refractivity contribution is 6.13. The number of amidine groups is 1. The Bertz CT molecular complexity index is 2940. The quantitative estimate of drug-likeness (QED) is 0.0293. The van der Waals surface area contributed by atoms with E-state index >= 15 is 0 Å². The number of ether oxygens (including phenoxy) is 1. The van der Waals surface area contributed by atoms with Gasteiger partial charge in [0.1, 0.15) is 18.2 Å². The van der Waals surface area contributed by atoms with Gasteiger partial charge in [-0.05, 0) is 85.4 Å². The number of aldehydes is 1. The first-order chi connectivity index (χ1) is 39.5. The summed E-state index contributed by atoms with van der Waals surface area (Å²) in [5, 5.41) is 8.29. The van der Waals surface area contributed by atoms with Gasteiger partial charge in [0, 0.05) is 105 Å². The lowest BCUT2D eigenvalue weighted by Gasteiger charge is -2.28. The second-order valence-corrected chi connectivity index (χ2v) is 20.7. The number of urea groups is 1. The Balaban J connectivity index is 0.00000199. The number of amides is 8. The zero-order valence-electron chi connectivity index (χ0n) is 47.2. The predicted molar refractivity (Wildman–Crippen MR) is 302 cm³/mol. The van der Waals surface area contributed by atoms with E-state index in [1.807, 2.05) is 32.6 Å². The van der Waals surface area contributed by atoms with Crippen molar-refractivity contribution >= 4 is 82.8 Å². The second kappa shape index (κ2) is 31.6. The molecule has 0 unspecified atom stereocenters. The summed E-state index contributed by atoms with van der Waals surface area (Å²) >= 11 is 0. The topological polar surface area (TPSA) is 303 Å². The molecule has 2 aromatic carbocycles. The number of nitrogens with one attached hydrogen (secondary N) is 3. The molecule has 3 aromatic rings. The van der Waals surface area contributed by atoms with E-state index in [0.29, 0.717) is 90.9 Å². The largest absolute Gasteiger partial charge is 0.446 e. The van der Waals surface area contributed by atoms with Gasteiger partial charge in [-0.2, -0.15) is 13.2 Å². The summed E-state index contributed by atoms with van der Waals surface area (Å²) in [5.74, 6) is -2.58. The Morgan fingerprint density at radius 1 is 0.904 bits per heavy atom. The molecular weight excluding hydrogens is 1080 g/mol. The summed E-state index contributed by atoms with van der Waals surface area (Å²) in [6.45, 7) is 10.0. The number of nitrogens with zero attached hydrogens (tertiary/aromatic N) is 5. The number of primary amides is 1. The summed E-state index contributed by atoms with van der Waals surface area (Å²) in [5.41, 5.74) is 16.9. The molecule has 3 aliphatic rings. The second-order valence-electron chi connectivity index (χ2n) is 20.7. The number of benzene rings is 2. The zero-order chi connectivity index (χ0) is 60.8. The van der Waals surface area contributed by atoms with Gasteiger partial charge in [0.15, 0.2) is 5.78 Å². The number of hydrogen-bond acceptors (Lipinski definition) is 14. The number of pyridine rings is 1. The van der Waals surface area contributed by atoms with Gasteiger partial charge in [0.05, 0.1) is 30.2 Å². The molecule has 2 atom stereocenters. The number of unbranched alkanes of at least 4 members (excludes halogenated alkanes) is 2. The van der Waals surface area contributed by atoms with Gasteiger partial charge < -0.3 is 42.0 Å². The third kappa shape index (κ3) is 20.7. The summed E-state index contributed by atoms with van der Waals surface area (Å²) in [6, 6.07) is 12.2. The number of hydrogen-bond donors (Lipinski definition) is 5. The first-order valence-corrected chi connectivity index (χ1v) is 27.7. The van der Waals surface area contributed by atoms with Crippen molar-refractivity contribution in [3.8, 4) is 0 Å². The van der Waals surface area contributed by atoms with Gasteiger partial charge in [0.2, 0.25) is 18.1 Å². The summed E-state index contributed by atoms with van der Waals surface area (Å²) < 4.78 is 37.0. The van der Waals surface area contributed by atoms with E-state index in [2.05, 4.69) is 25.9 Å². The van der Waals surface area contributed by atoms with Crippen molar-refractivity contribution in [2.24, 2.45) is 28.3 Å². The van der Waals surface area contributed by atoms with Gasteiger partial charge in [0.25, 0.3) is 17.7 Å². The number of fused-ring (bicyclic) bond motifs is 2. The average Bonchev–Trinajstić information content (AvgIpc) is 3.93. The standard InChI is InChI=1S/C57H72N10O10.C2HF3O/c1-5-23-65(24-6-2)55(74)41-28-39-17-18-40(30-48(39)63-50(58)31-41)53(72)62-43-29-42-34-66(26-21-46(42)61-33-43)57(76)77-35-38-15-13-37(14-16-38)27-49(69)47(12-10-22-60-56(59)75)64-54(73)45(36(3)4)32-44(68)11-8-7-9-25-67-51(70)19-20-52(67)71;3-2(4,5)1-6/h13-20,28-30,33,36,45,47H,5-12,21-27,31-32,34-35H2,1-4H3,(H2,58,63)(H,62,72)(H,64,73)(H3,59,60,75);1H/t45-,47-;/m0./s1. The molecule has 1 aromatic heterocycles. The van der Waals surface area contributed by atoms with Crippen LogP contribution in [0.15, 0.2) is 77.4 Å². The van der Waals surface area contributed by atoms with Crippen LogP contribution in [-0.2, 0) is 64.3 Å². The van der Waals surface area contributed by atoms with Crippen molar-refractivity contribution in [3.63, 3.8) is 0 Å². The molecule has 21 nitrogen and oxygen atoms in total. The van der Waals surface area contributed by atoms with E-state index in [-0.39, 0.29) is 99.4 Å². The Labute approximate surface area is 479 Å². The van der Waals surface area contributed by atoms with Crippen LogP contribution >= 0.6 is 0 Å². The van der Waals surface area contributed by atoms with Crippen LogP contribution in [0, 0.1) is 11.8 Å². The fourth-order valence-corrected chi connectivity index (χ4v) is 9.40. The maximum atomic E-state index is 13.8. The average molecular weight is 1160 g/mol. The third-order valence-corrected chi connectivity index (χ3v) is 13.8. The van der Waals surface area contributed by atoms with Gasteiger partial charge in [-0.3, -0.25) is 48.2 Å². The van der Waals surface area contributed by atoms with Crippen LogP contribution in [0.4, 0.5) is 34.1 Å². The molecule has 24 heteroatoms. The van der Waals surface area contributed by atoms with Crippen molar-refractivity contribution in [1.29, 1.82) is 0 Å². The molecule has 83 heavy (non-hydrogen) atoms. The van der Waals surface area contributed by atoms with Crippen LogP contribution in [0.2, 0.25) is 0 Å². The van der Waals surface area contributed by atoms with Gasteiger partial charge >= 0.3 is 18.3 Å². The van der Waals surface area contributed by atoms with E-state index in [4.69, 9.17) is 21.0 Å². The van der Waals surface area contributed by atoms with Crippen molar-refractivity contribution in [2.75, 3.05) is 38.0 Å². The molecule has 0 saturated heterocycles. The zero-order valence-corrected chi connectivity index (χ0v) is 47.2. The molecule has 0 fully saturated rings. The summed E-state index contributed by atoms with van der Waals surface area (Å²) in [4.78, 5) is 138. The van der Waals surface area contributed by atoms with Crippen LogP contribution in [0.5, 0.6) is 0 Å². The number of aromatic nitrogens is 1. The van der Waals surface area contributed by atoms with Crippen LogP contribution in [0.3, 0.4) is 0 Å². The number of imide groups is 1. The highest BCUT2D eigenvalue weighted by Crippen LogP contribution is 2.30. The molecule has 0 bridgehead atoms. The number of ketones is 2. The number of Topliss-reactive ketones (excluding diaryl/α,β-unsaturated/α-hetero) is 2. The fraction of sp³-hybridized carbons (Fsp3) is 0.458. The number of nitrogens with two attached hydrogens (primary N) is 2. The lowest BCUT2D eigenvalue weighted by Crippen LogP contribution is -2.46. The molecule has 7 N–H and O–H groups in total. The molecule has 4 heterocycles. The molecular formula is C59H73F3N10O11. The van der Waals surface area contributed by atoms with Crippen LogP contribution in [-0.4, -0.2) is 130 Å². The van der Waals surface area contributed by atoms with Gasteiger partial charge in [-0.15, -0.1) is 0 Å². The normalized spacial score (nSPS) is 14.4. The highest BCUT2D eigenvalue weighted by Gasteiger charge is 2.31. The molecule has 446 valence electrons. The molecule has 0 aliphatic carbocycles. The molecule has 0 radical (unpaired) electrons. The number of halogens is 3. The van der Waals surface area contributed by atoms with E-state index in [0.717, 1.165) is 29.0 Å². The molecule has 3 aliphatic heterocycles. The maximum Gasteiger partial charge on any atom is 0.446 e. The predicted octanol–water partition coefficient (Wildman–Crippen LogP) is 6.96. The van der Waals surface area contributed by atoms with Crippen molar-refractivity contribution in [2.45, 2.75) is 130 Å². The number of rotatable bonds is 27. The molecule has 0 spiro atoms. The first kappa shape index (κ1) is 65.2. The number of carbonyl (C=O) groups is 10. The van der Waals surface area contributed by atoms with Crippen molar-refractivity contribution in [3.05, 3.63) is 106 Å². The number of alkyl halides is 3. The lowest BCUT2D eigenvalue weighted by molar-refractivity contribution is -0.156. The Hall–Kier alpha value is -8.57. The third-order valence-electron chi connectivity index (χ3n) is 13.8. The van der Waals surface area contributed by atoms with Crippen molar-refractivity contribution in [1.82, 2.24) is 30.3 Å². The minimum atomic E-state index is -4.64. The Morgan fingerprint density at radius 2 is 1.58 bits per heavy atom. The van der Waals surface area contributed by atoms with Crippen LogP contribution < -0.4 is 27.4 Å². The van der Waals surface area contributed by atoms with E-state index in [1.165, 1.54) is 12.2 Å². The molecule has 6 rings (SSSR count). The fourth-order valence-electron chi connectivity index (χ4n) is 9.40. The SMILES string of the molecule is CCCN(CCC)C(=O)C1=Cc2ccc(C(=O)Nc3cnc4c(c3)CN(C(=O)OCc3ccc(CC(=O)[C@H](CCCNC(N)=O)NC(=O)[C@@H](CC(=O)CCCCCN5C(=O)C=CC5=O)C(C)C)cc3)CC4)cc2N=C(N)C1.O=CC(F)(F)F. The monoisotopic (exact) mass is 1150 g/mol.